The quantitative estimate of drug-likeness (QED) is 0.900. The van der Waals surface area contributed by atoms with Gasteiger partial charge in [0.15, 0.2) is 0 Å². The molecule has 21 heavy (non-hydrogen) atoms. The van der Waals surface area contributed by atoms with Crippen LogP contribution in [0.1, 0.15) is 39.1 Å². The Hall–Kier alpha value is -0.970. The van der Waals surface area contributed by atoms with Crippen LogP contribution in [0.4, 0.5) is 0 Å². The third kappa shape index (κ3) is 5.06. The summed E-state index contributed by atoms with van der Waals surface area (Å²) in [5.74, 6) is 0. The number of hydrogen-bond donors (Lipinski definition) is 1. The predicted octanol–water partition coefficient (Wildman–Crippen LogP) is 2.11. The number of hydrogen-bond acceptors (Lipinski definition) is 4. The monoisotopic (exact) mass is 290 g/mol. The van der Waals surface area contributed by atoms with Crippen LogP contribution in [0.25, 0.3) is 0 Å². The highest BCUT2D eigenvalue weighted by Crippen LogP contribution is 2.16. The highest BCUT2D eigenvalue weighted by atomic mass is 15.3. The second-order valence-corrected chi connectivity index (χ2v) is 6.83. The van der Waals surface area contributed by atoms with Crippen LogP contribution in [0.3, 0.4) is 0 Å². The highest BCUT2D eigenvalue weighted by Gasteiger charge is 2.25. The van der Waals surface area contributed by atoms with Gasteiger partial charge in [-0.25, -0.2) is 0 Å². The molecule has 1 fully saturated rings. The van der Waals surface area contributed by atoms with Crippen molar-refractivity contribution in [2.75, 3.05) is 32.7 Å². The van der Waals surface area contributed by atoms with Gasteiger partial charge in [-0.3, -0.25) is 14.8 Å². The molecule has 1 aliphatic heterocycles. The summed E-state index contributed by atoms with van der Waals surface area (Å²) in [6, 6.07) is 6.37. The molecule has 0 spiro atoms. The summed E-state index contributed by atoms with van der Waals surface area (Å²) in [6.07, 6.45) is 0. The van der Waals surface area contributed by atoms with Gasteiger partial charge in [-0.05, 0) is 39.4 Å². The van der Waals surface area contributed by atoms with Crippen molar-refractivity contribution >= 4 is 0 Å². The molecule has 0 atom stereocenters. The molecule has 1 N–H and O–H groups in total. The Labute approximate surface area is 129 Å². The molecular weight excluding hydrogens is 260 g/mol. The first-order chi connectivity index (χ1) is 9.99. The van der Waals surface area contributed by atoms with Gasteiger partial charge in [0.1, 0.15) is 0 Å². The molecule has 4 heteroatoms. The molecule has 1 aliphatic rings. The molecule has 118 valence electrons. The lowest BCUT2D eigenvalue weighted by Gasteiger charge is -2.42. The van der Waals surface area contributed by atoms with Crippen LogP contribution in [0.2, 0.25) is 0 Å². The average molecular weight is 290 g/mol. The lowest BCUT2D eigenvalue weighted by Crippen LogP contribution is -2.53. The summed E-state index contributed by atoms with van der Waals surface area (Å²) in [5, 5.41) is 3.34. The topological polar surface area (TPSA) is 31.4 Å². The summed E-state index contributed by atoms with van der Waals surface area (Å²) in [7, 11) is 0. The zero-order valence-electron chi connectivity index (χ0n) is 14.0. The first kappa shape index (κ1) is 16.4. The molecule has 0 amide bonds. The van der Waals surface area contributed by atoms with E-state index in [0.717, 1.165) is 51.5 Å². The first-order valence-corrected chi connectivity index (χ1v) is 8.12. The van der Waals surface area contributed by atoms with Crippen LogP contribution in [-0.2, 0) is 13.1 Å². The van der Waals surface area contributed by atoms with E-state index < -0.39 is 0 Å². The lowest BCUT2D eigenvalue weighted by atomic mass is 10.0. The molecule has 2 rings (SSSR count). The molecule has 0 aliphatic carbocycles. The maximum absolute atomic E-state index is 4.75. The molecule has 1 aromatic heterocycles. The fourth-order valence-electron chi connectivity index (χ4n) is 2.77. The third-order valence-corrected chi connectivity index (χ3v) is 4.13. The van der Waals surface area contributed by atoms with E-state index in [1.54, 1.807) is 0 Å². The van der Waals surface area contributed by atoms with Gasteiger partial charge in [0.2, 0.25) is 0 Å². The van der Waals surface area contributed by atoms with E-state index in [1.807, 2.05) is 0 Å². The van der Waals surface area contributed by atoms with Gasteiger partial charge in [-0.15, -0.1) is 0 Å². The van der Waals surface area contributed by atoms with Crippen molar-refractivity contribution in [1.29, 1.82) is 0 Å². The van der Waals surface area contributed by atoms with Crippen molar-refractivity contribution in [3.8, 4) is 0 Å². The van der Waals surface area contributed by atoms with E-state index in [1.165, 1.54) is 5.69 Å². The Bertz CT molecular complexity index is 431. The van der Waals surface area contributed by atoms with Gasteiger partial charge in [-0.2, -0.15) is 0 Å². The van der Waals surface area contributed by atoms with Crippen LogP contribution >= 0.6 is 0 Å². The summed E-state index contributed by atoms with van der Waals surface area (Å²) < 4.78 is 0. The van der Waals surface area contributed by atoms with Crippen LogP contribution < -0.4 is 5.32 Å². The van der Waals surface area contributed by atoms with Crippen LogP contribution in [0, 0.1) is 0 Å². The minimum absolute atomic E-state index is 0.288. The Morgan fingerprint density at radius 1 is 1.10 bits per heavy atom. The van der Waals surface area contributed by atoms with Crippen LogP contribution in [0.5, 0.6) is 0 Å². The van der Waals surface area contributed by atoms with E-state index in [2.05, 4.69) is 61.0 Å². The van der Waals surface area contributed by atoms with E-state index in [9.17, 15) is 0 Å². The molecule has 4 nitrogen and oxygen atoms in total. The van der Waals surface area contributed by atoms with E-state index in [0.29, 0.717) is 0 Å². The standard InChI is InChI=1S/C17H30N4/c1-5-18-13-15-7-6-8-16(19-15)14-20-9-11-21(12-10-20)17(2,3)4/h6-8,18H,5,9-14H2,1-4H3. The molecule has 0 radical (unpaired) electrons. The molecule has 0 bridgehead atoms. The maximum atomic E-state index is 4.75. The largest absolute Gasteiger partial charge is 0.311 e. The number of pyridine rings is 1. The van der Waals surface area contributed by atoms with Gasteiger partial charge in [0, 0.05) is 44.8 Å². The van der Waals surface area contributed by atoms with Gasteiger partial charge in [0.25, 0.3) is 0 Å². The van der Waals surface area contributed by atoms with Crippen molar-refractivity contribution in [3.05, 3.63) is 29.6 Å². The molecule has 0 aromatic carbocycles. The molecule has 1 saturated heterocycles. The van der Waals surface area contributed by atoms with Gasteiger partial charge < -0.3 is 5.32 Å². The minimum Gasteiger partial charge on any atom is -0.311 e. The van der Waals surface area contributed by atoms with Crippen LogP contribution in [-0.4, -0.2) is 53.0 Å². The predicted molar refractivity (Wildman–Crippen MR) is 88.2 cm³/mol. The number of piperazine rings is 1. The number of aromatic nitrogens is 1. The van der Waals surface area contributed by atoms with Crippen molar-refractivity contribution < 1.29 is 0 Å². The first-order valence-electron chi connectivity index (χ1n) is 8.12. The molecule has 0 saturated carbocycles. The average Bonchev–Trinajstić information content (AvgIpc) is 2.45. The molecular formula is C17H30N4. The normalized spacial score (nSPS) is 18.1. The van der Waals surface area contributed by atoms with Crippen molar-refractivity contribution in [2.45, 2.75) is 46.3 Å². The zero-order chi connectivity index (χ0) is 15.3. The van der Waals surface area contributed by atoms with Gasteiger partial charge >= 0.3 is 0 Å². The maximum Gasteiger partial charge on any atom is 0.0547 e. The fourth-order valence-corrected chi connectivity index (χ4v) is 2.77. The van der Waals surface area contributed by atoms with Crippen molar-refractivity contribution in [1.82, 2.24) is 20.1 Å². The second-order valence-electron chi connectivity index (χ2n) is 6.83. The summed E-state index contributed by atoms with van der Waals surface area (Å²) >= 11 is 0. The Morgan fingerprint density at radius 3 is 2.38 bits per heavy atom. The van der Waals surface area contributed by atoms with E-state index >= 15 is 0 Å². The molecule has 2 heterocycles. The Morgan fingerprint density at radius 2 is 1.76 bits per heavy atom. The minimum atomic E-state index is 0.288. The number of nitrogens with zero attached hydrogens (tertiary/aromatic N) is 3. The highest BCUT2D eigenvalue weighted by molar-refractivity contribution is 5.11. The lowest BCUT2D eigenvalue weighted by molar-refractivity contribution is 0.0585. The second kappa shape index (κ2) is 7.34. The van der Waals surface area contributed by atoms with Crippen molar-refractivity contribution in [3.63, 3.8) is 0 Å². The SMILES string of the molecule is CCNCc1cccc(CN2CCN(C(C)(C)C)CC2)n1. The van der Waals surface area contributed by atoms with E-state index in [-0.39, 0.29) is 5.54 Å². The summed E-state index contributed by atoms with van der Waals surface area (Å²) in [6.45, 7) is 16.4. The Balaban J connectivity index is 1.86. The Kier molecular flexibility index (Phi) is 5.73. The number of rotatable bonds is 5. The molecule has 1 aromatic rings. The van der Waals surface area contributed by atoms with E-state index in [4.69, 9.17) is 4.98 Å². The fraction of sp³-hybridized carbons (Fsp3) is 0.706. The third-order valence-electron chi connectivity index (χ3n) is 4.13. The van der Waals surface area contributed by atoms with Gasteiger partial charge in [-0.1, -0.05) is 13.0 Å². The smallest absolute Gasteiger partial charge is 0.0547 e. The van der Waals surface area contributed by atoms with Crippen LogP contribution in [0.15, 0.2) is 18.2 Å². The zero-order valence-corrected chi connectivity index (χ0v) is 14.0. The summed E-state index contributed by atoms with van der Waals surface area (Å²) in [4.78, 5) is 9.84. The number of nitrogens with one attached hydrogen (secondary N) is 1. The van der Waals surface area contributed by atoms with Gasteiger partial charge in [0.05, 0.1) is 11.4 Å². The molecule has 0 unspecified atom stereocenters. The summed E-state index contributed by atoms with van der Waals surface area (Å²) in [5.41, 5.74) is 2.62. The van der Waals surface area contributed by atoms with Crippen molar-refractivity contribution in [2.24, 2.45) is 0 Å².